The molecule has 1 heterocycles. The number of ether oxygens (including phenoxy) is 1. The second-order valence-electron chi connectivity index (χ2n) is 4.48. The average Bonchev–Trinajstić information content (AvgIpc) is 2.63. The Kier molecular flexibility index (Phi) is 4.18. The molecule has 18 heavy (non-hydrogen) atoms. The van der Waals surface area contributed by atoms with Crippen LogP contribution in [0.1, 0.15) is 20.8 Å². The van der Waals surface area contributed by atoms with Crippen molar-refractivity contribution in [3.63, 3.8) is 0 Å². The number of carbonyl (C=O) groups excluding carboxylic acids is 1. The van der Waals surface area contributed by atoms with Crippen LogP contribution in [0.2, 0.25) is 0 Å². The van der Waals surface area contributed by atoms with Gasteiger partial charge in [-0.1, -0.05) is 4.80 Å². The highest BCUT2D eigenvalue weighted by Crippen LogP contribution is 2.06. The van der Waals surface area contributed by atoms with E-state index in [2.05, 4.69) is 15.5 Å². The van der Waals surface area contributed by atoms with E-state index in [1.54, 1.807) is 20.8 Å². The molecule has 0 aromatic carbocycles. The van der Waals surface area contributed by atoms with Crippen molar-refractivity contribution in [1.29, 1.82) is 0 Å². The van der Waals surface area contributed by atoms with Crippen LogP contribution >= 0.6 is 0 Å². The number of amides is 1. The minimum Gasteiger partial charge on any atom is -0.444 e. The number of nitrogens with one attached hydrogen (secondary N) is 1. The standard InChI is InChI=1S/C9H15N5O4/c1-9(2,3)18-8(15)10-4-5-13-11-6-7(12-13)14(16)17/h6H,4-5H2,1-3H3,(H,10,15). The van der Waals surface area contributed by atoms with Crippen molar-refractivity contribution in [1.82, 2.24) is 20.3 Å². The van der Waals surface area contributed by atoms with Crippen LogP contribution in [0.25, 0.3) is 0 Å². The largest absolute Gasteiger partial charge is 0.444 e. The van der Waals surface area contributed by atoms with Gasteiger partial charge in [0, 0.05) is 6.54 Å². The molecular weight excluding hydrogens is 242 g/mol. The topological polar surface area (TPSA) is 112 Å². The molecule has 1 N–H and O–H groups in total. The van der Waals surface area contributed by atoms with E-state index < -0.39 is 16.6 Å². The molecule has 0 aliphatic carbocycles. The van der Waals surface area contributed by atoms with Crippen LogP contribution in [0.3, 0.4) is 0 Å². The predicted octanol–water partition coefficient (Wildman–Crippen LogP) is 0.711. The molecule has 1 amide bonds. The van der Waals surface area contributed by atoms with Gasteiger partial charge in [0.1, 0.15) is 12.1 Å². The van der Waals surface area contributed by atoms with E-state index in [0.717, 1.165) is 11.0 Å². The summed E-state index contributed by atoms with van der Waals surface area (Å²) in [6.45, 7) is 5.72. The zero-order valence-corrected chi connectivity index (χ0v) is 10.4. The smallest absolute Gasteiger partial charge is 0.410 e. The van der Waals surface area contributed by atoms with Crippen molar-refractivity contribution in [3.8, 4) is 0 Å². The fraction of sp³-hybridized carbons (Fsp3) is 0.667. The highest BCUT2D eigenvalue weighted by Gasteiger charge is 2.16. The Bertz CT molecular complexity index is 436. The Balaban J connectivity index is 2.33. The van der Waals surface area contributed by atoms with E-state index >= 15 is 0 Å². The number of hydrogen-bond acceptors (Lipinski definition) is 6. The van der Waals surface area contributed by atoms with Crippen LogP contribution < -0.4 is 5.32 Å². The minimum absolute atomic E-state index is 0.223. The maximum absolute atomic E-state index is 11.3. The number of nitro groups is 1. The molecule has 9 heteroatoms. The van der Waals surface area contributed by atoms with Gasteiger partial charge in [0.05, 0.1) is 5.10 Å². The fourth-order valence-corrected chi connectivity index (χ4v) is 1.05. The van der Waals surface area contributed by atoms with Gasteiger partial charge in [0.2, 0.25) is 0 Å². The van der Waals surface area contributed by atoms with Gasteiger partial charge in [-0.05, 0) is 25.7 Å². The van der Waals surface area contributed by atoms with Gasteiger partial charge in [-0.3, -0.25) is 0 Å². The van der Waals surface area contributed by atoms with Crippen LogP contribution in [0.15, 0.2) is 6.20 Å². The molecule has 100 valence electrons. The average molecular weight is 257 g/mol. The summed E-state index contributed by atoms with van der Waals surface area (Å²) in [7, 11) is 0. The predicted molar refractivity (Wildman–Crippen MR) is 60.9 cm³/mol. The van der Waals surface area contributed by atoms with Crippen LogP contribution in [-0.2, 0) is 11.3 Å². The monoisotopic (exact) mass is 257 g/mol. The van der Waals surface area contributed by atoms with Crippen LogP contribution in [0.4, 0.5) is 10.6 Å². The van der Waals surface area contributed by atoms with E-state index in [-0.39, 0.29) is 18.9 Å². The highest BCUT2D eigenvalue weighted by atomic mass is 16.6. The molecule has 0 spiro atoms. The zero-order chi connectivity index (χ0) is 13.8. The van der Waals surface area contributed by atoms with Gasteiger partial charge < -0.3 is 20.2 Å². The minimum atomic E-state index is -0.634. The van der Waals surface area contributed by atoms with Crippen molar-refractivity contribution in [2.45, 2.75) is 32.9 Å². The molecular formula is C9H15N5O4. The Labute approximate surface area is 103 Å². The Morgan fingerprint density at radius 1 is 1.61 bits per heavy atom. The van der Waals surface area contributed by atoms with Crippen LogP contribution in [0.5, 0.6) is 0 Å². The van der Waals surface area contributed by atoms with Crippen LogP contribution in [0, 0.1) is 10.1 Å². The molecule has 1 aromatic heterocycles. The fourth-order valence-electron chi connectivity index (χ4n) is 1.05. The van der Waals surface area contributed by atoms with E-state index in [9.17, 15) is 14.9 Å². The second kappa shape index (κ2) is 5.43. The molecule has 0 bridgehead atoms. The lowest BCUT2D eigenvalue weighted by molar-refractivity contribution is -0.389. The first-order chi connectivity index (χ1) is 8.28. The van der Waals surface area contributed by atoms with Gasteiger partial charge in [-0.2, -0.15) is 0 Å². The van der Waals surface area contributed by atoms with Crippen LogP contribution in [-0.4, -0.2) is 38.2 Å². The van der Waals surface area contributed by atoms with Crippen molar-refractivity contribution >= 4 is 11.9 Å². The Morgan fingerprint density at radius 2 is 2.28 bits per heavy atom. The number of rotatable bonds is 4. The quantitative estimate of drug-likeness (QED) is 0.628. The third-order valence-electron chi connectivity index (χ3n) is 1.69. The lowest BCUT2D eigenvalue weighted by Crippen LogP contribution is -2.34. The first kappa shape index (κ1) is 13.9. The summed E-state index contributed by atoms with van der Waals surface area (Å²) in [5, 5.41) is 20.1. The summed E-state index contributed by atoms with van der Waals surface area (Å²) in [5.41, 5.74) is -0.563. The molecule has 0 unspecified atom stereocenters. The molecule has 0 aliphatic heterocycles. The first-order valence-electron chi connectivity index (χ1n) is 5.29. The summed E-state index contributed by atoms with van der Waals surface area (Å²) in [6.07, 6.45) is 0.497. The van der Waals surface area contributed by atoms with E-state index in [1.807, 2.05) is 0 Å². The summed E-state index contributed by atoms with van der Waals surface area (Å²) in [5.74, 6) is -0.327. The SMILES string of the molecule is CC(C)(C)OC(=O)NCCn1ncc([N+](=O)[O-])n1. The number of alkyl carbamates (subject to hydrolysis) is 1. The number of carbonyl (C=O) groups is 1. The summed E-state index contributed by atoms with van der Waals surface area (Å²) < 4.78 is 5.01. The maximum atomic E-state index is 11.3. The molecule has 1 aromatic rings. The molecule has 1 rings (SSSR count). The van der Waals surface area contributed by atoms with Crippen molar-refractivity contribution in [2.24, 2.45) is 0 Å². The van der Waals surface area contributed by atoms with Gasteiger partial charge in [0.25, 0.3) is 0 Å². The van der Waals surface area contributed by atoms with Crippen molar-refractivity contribution in [2.75, 3.05) is 6.54 Å². The molecule has 0 atom stereocenters. The van der Waals surface area contributed by atoms with Gasteiger partial charge >= 0.3 is 11.9 Å². The van der Waals surface area contributed by atoms with E-state index in [1.165, 1.54) is 0 Å². The van der Waals surface area contributed by atoms with Crippen molar-refractivity contribution in [3.05, 3.63) is 16.3 Å². The molecule has 0 aliphatic rings. The second-order valence-corrected chi connectivity index (χ2v) is 4.48. The number of aromatic nitrogens is 3. The lowest BCUT2D eigenvalue weighted by atomic mass is 10.2. The third kappa shape index (κ3) is 4.76. The molecule has 0 saturated heterocycles. The lowest BCUT2D eigenvalue weighted by Gasteiger charge is -2.19. The molecule has 9 nitrogen and oxygen atoms in total. The highest BCUT2D eigenvalue weighted by molar-refractivity contribution is 5.67. The van der Waals surface area contributed by atoms with E-state index in [4.69, 9.17) is 4.74 Å². The Morgan fingerprint density at radius 3 is 2.78 bits per heavy atom. The third-order valence-corrected chi connectivity index (χ3v) is 1.69. The summed E-state index contributed by atoms with van der Waals surface area (Å²) in [4.78, 5) is 22.1. The Hall–Kier alpha value is -2.19. The normalized spacial score (nSPS) is 11.1. The molecule has 0 radical (unpaired) electrons. The zero-order valence-electron chi connectivity index (χ0n) is 10.4. The number of hydrogen-bond donors (Lipinski definition) is 1. The summed E-state index contributed by atoms with van der Waals surface area (Å²) in [6, 6.07) is 0. The van der Waals surface area contributed by atoms with Crippen molar-refractivity contribution < 1.29 is 14.5 Å². The number of nitrogens with zero attached hydrogens (tertiary/aromatic N) is 4. The molecule has 0 saturated carbocycles. The van der Waals surface area contributed by atoms with Gasteiger partial charge in [0.15, 0.2) is 6.20 Å². The van der Waals surface area contributed by atoms with Gasteiger partial charge in [-0.25, -0.2) is 4.79 Å². The molecule has 0 fully saturated rings. The summed E-state index contributed by atoms with van der Waals surface area (Å²) >= 11 is 0. The van der Waals surface area contributed by atoms with E-state index in [0.29, 0.717) is 0 Å². The van der Waals surface area contributed by atoms with Gasteiger partial charge in [-0.15, -0.1) is 5.10 Å². The maximum Gasteiger partial charge on any atom is 0.410 e. The first-order valence-corrected chi connectivity index (χ1v) is 5.29.